The van der Waals surface area contributed by atoms with Crippen LogP contribution >= 0.6 is 24.0 Å². The molecular formula is C18H32IN5. The van der Waals surface area contributed by atoms with Gasteiger partial charge in [-0.15, -0.1) is 24.0 Å². The Kier molecular flexibility index (Phi) is 7.37. The number of imidazole rings is 1. The monoisotopic (exact) mass is 445 g/mol. The highest BCUT2D eigenvalue weighted by Crippen LogP contribution is 2.35. The lowest BCUT2D eigenvalue weighted by Crippen LogP contribution is -2.49. The largest absolute Gasteiger partial charge is 0.353 e. The zero-order valence-corrected chi connectivity index (χ0v) is 17.5. The molecule has 1 N–H and O–H groups in total. The van der Waals surface area contributed by atoms with Crippen LogP contribution in [0.3, 0.4) is 0 Å². The average molecular weight is 445 g/mol. The van der Waals surface area contributed by atoms with Crippen molar-refractivity contribution >= 4 is 29.9 Å². The first-order valence-electron chi connectivity index (χ1n) is 9.26. The third kappa shape index (κ3) is 4.64. The van der Waals surface area contributed by atoms with E-state index in [1.807, 2.05) is 12.5 Å². The van der Waals surface area contributed by atoms with Crippen molar-refractivity contribution in [3.63, 3.8) is 0 Å². The molecule has 5 nitrogen and oxygen atoms in total. The average Bonchev–Trinajstić information content (AvgIpc) is 3.06. The van der Waals surface area contributed by atoms with E-state index in [-0.39, 0.29) is 24.0 Å². The zero-order chi connectivity index (χ0) is 16.2. The van der Waals surface area contributed by atoms with Gasteiger partial charge in [0.05, 0.1) is 12.4 Å². The summed E-state index contributed by atoms with van der Waals surface area (Å²) in [6.45, 7) is 9.72. The first-order chi connectivity index (χ1) is 11.2. The van der Waals surface area contributed by atoms with Crippen molar-refractivity contribution in [2.24, 2.45) is 16.8 Å². The Morgan fingerprint density at radius 2 is 2.21 bits per heavy atom. The smallest absolute Gasteiger partial charge is 0.194 e. The summed E-state index contributed by atoms with van der Waals surface area (Å²) in [5, 5.41) is 3.73. The van der Waals surface area contributed by atoms with Gasteiger partial charge in [0.25, 0.3) is 0 Å². The van der Waals surface area contributed by atoms with Crippen LogP contribution in [0.25, 0.3) is 0 Å². The molecule has 4 atom stereocenters. The summed E-state index contributed by atoms with van der Waals surface area (Å²) in [5.74, 6) is 2.65. The molecule has 1 aliphatic heterocycles. The highest BCUT2D eigenvalue weighted by molar-refractivity contribution is 14.0. The molecule has 0 aromatic carbocycles. The maximum atomic E-state index is 4.77. The topological polar surface area (TPSA) is 45.5 Å². The molecule has 3 rings (SSSR count). The summed E-state index contributed by atoms with van der Waals surface area (Å²) in [6.07, 6.45) is 11.1. The SMILES string of the molecule is CCCC1CC1NC(=NCC)N1CCC(C)C(n2ccnc2)C1.I. The molecule has 1 aromatic rings. The Morgan fingerprint density at radius 1 is 1.38 bits per heavy atom. The number of nitrogens with one attached hydrogen (secondary N) is 1. The van der Waals surface area contributed by atoms with Gasteiger partial charge < -0.3 is 14.8 Å². The summed E-state index contributed by atoms with van der Waals surface area (Å²) >= 11 is 0. The highest BCUT2D eigenvalue weighted by Gasteiger charge is 2.38. The number of hydrogen-bond donors (Lipinski definition) is 1. The van der Waals surface area contributed by atoms with Crippen molar-refractivity contribution in [2.45, 2.75) is 58.5 Å². The molecule has 2 fully saturated rings. The van der Waals surface area contributed by atoms with Gasteiger partial charge in [-0.25, -0.2) is 4.98 Å². The Hall–Kier alpha value is -0.790. The lowest BCUT2D eigenvalue weighted by molar-refractivity contribution is 0.188. The summed E-state index contributed by atoms with van der Waals surface area (Å²) < 4.78 is 2.26. The zero-order valence-electron chi connectivity index (χ0n) is 15.2. The molecule has 0 radical (unpaired) electrons. The van der Waals surface area contributed by atoms with E-state index in [4.69, 9.17) is 4.99 Å². The van der Waals surface area contributed by atoms with E-state index >= 15 is 0 Å². The lowest BCUT2D eigenvalue weighted by atomic mass is 9.93. The number of hydrogen-bond acceptors (Lipinski definition) is 2. The van der Waals surface area contributed by atoms with Crippen molar-refractivity contribution in [2.75, 3.05) is 19.6 Å². The van der Waals surface area contributed by atoms with Gasteiger partial charge in [-0.05, 0) is 38.0 Å². The Balaban J connectivity index is 0.00000208. The van der Waals surface area contributed by atoms with E-state index in [2.05, 4.69) is 46.7 Å². The second-order valence-corrected chi connectivity index (χ2v) is 7.12. The van der Waals surface area contributed by atoms with Crippen molar-refractivity contribution in [1.82, 2.24) is 19.8 Å². The van der Waals surface area contributed by atoms with Gasteiger partial charge in [-0.3, -0.25) is 4.99 Å². The van der Waals surface area contributed by atoms with E-state index in [1.54, 1.807) is 0 Å². The summed E-state index contributed by atoms with van der Waals surface area (Å²) in [6, 6.07) is 1.13. The molecule has 2 heterocycles. The number of aromatic nitrogens is 2. The first-order valence-corrected chi connectivity index (χ1v) is 9.26. The minimum absolute atomic E-state index is 0. The van der Waals surface area contributed by atoms with E-state index in [0.717, 1.165) is 31.5 Å². The van der Waals surface area contributed by atoms with Crippen molar-refractivity contribution in [3.05, 3.63) is 18.7 Å². The standard InChI is InChI=1S/C18H31N5.HI/c1-4-6-15-11-16(15)21-18(20-5-2)22-9-7-14(3)17(12-22)23-10-8-19-13-23;/h8,10,13-17H,4-7,9,11-12H2,1-3H3,(H,20,21);1H. The number of guanidine groups is 1. The number of halogens is 1. The van der Waals surface area contributed by atoms with Gasteiger partial charge in [0.1, 0.15) is 0 Å². The number of rotatable bonds is 5. The molecule has 4 unspecified atom stereocenters. The molecule has 1 aliphatic carbocycles. The summed E-state index contributed by atoms with van der Waals surface area (Å²) in [5.41, 5.74) is 0. The van der Waals surface area contributed by atoms with E-state index in [1.165, 1.54) is 25.7 Å². The molecule has 1 saturated heterocycles. The maximum absolute atomic E-state index is 4.77. The van der Waals surface area contributed by atoms with Gasteiger partial charge in [-0.1, -0.05) is 20.3 Å². The fourth-order valence-corrected chi connectivity index (χ4v) is 3.76. The van der Waals surface area contributed by atoms with Crippen LogP contribution < -0.4 is 5.32 Å². The highest BCUT2D eigenvalue weighted by atomic mass is 127. The minimum Gasteiger partial charge on any atom is -0.353 e. The quantitative estimate of drug-likeness (QED) is 0.429. The van der Waals surface area contributed by atoms with Gasteiger partial charge in [-0.2, -0.15) is 0 Å². The Labute approximate surface area is 163 Å². The van der Waals surface area contributed by atoms with Crippen LogP contribution in [0, 0.1) is 11.8 Å². The van der Waals surface area contributed by atoms with Crippen molar-refractivity contribution in [1.29, 1.82) is 0 Å². The second-order valence-electron chi connectivity index (χ2n) is 7.12. The number of nitrogens with zero attached hydrogens (tertiary/aromatic N) is 4. The molecule has 24 heavy (non-hydrogen) atoms. The number of likely N-dealkylation sites (tertiary alicyclic amines) is 1. The third-order valence-corrected chi connectivity index (χ3v) is 5.33. The fourth-order valence-electron chi connectivity index (χ4n) is 3.76. The van der Waals surface area contributed by atoms with Crippen LogP contribution in [0.5, 0.6) is 0 Å². The fraction of sp³-hybridized carbons (Fsp3) is 0.778. The molecule has 1 aromatic heterocycles. The molecule has 1 saturated carbocycles. The molecule has 0 bridgehead atoms. The van der Waals surface area contributed by atoms with E-state index < -0.39 is 0 Å². The van der Waals surface area contributed by atoms with Gasteiger partial charge in [0.15, 0.2) is 5.96 Å². The van der Waals surface area contributed by atoms with Crippen molar-refractivity contribution in [3.8, 4) is 0 Å². The van der Waals surface area contributed by atoms with Crippen LogP contribution in [0.4, 0.5) is 0 Å². The lowest BCUT2D eigenvalue weighted by Gasteiger charge is -2.39. The normalized spacial score (nSPS) is 30.0. The molecule has 136 valence electrons. The van der Waals surface area contributed by atoms with E-state index in [9.17, 15) is 0 Å². The summed E-state index contributed by atoms with van der Waals surface area (Å²) in [7, 11) is 0. The first kappa shape index (κ1) is 19.5. The Morgan fingerprint density at radius 3 is 2.88 bits per heavy atom. The van der Waals surface area contributed by atoms with Crippen molar-refractivity contribution < 1.29 is 0 Å². The molecule has 0 amide bonds. The number of aliphatic imine (C=N–C) groups is 1. The predicted molar refractivity (Wildman–Crippen MR) is 110 cm³/mol. The molecule has 6 heteroatoms. The van der Waals surface area contributed by atoms with Crippen LogP contribution in [-0.2, 0) is 0 Å². The minimum atomic E-state index is 0. The van der Waals surface area contributed by atoms with Crippen LogP contribution in [0.2, 0.25) is 0 Å². The third-order valence-electron chi connectivity index (χ3n) is 5.33. The Bertz CT molecular complexity index is 515. The predicted octanol–water partition coefficient (Wildman–Crippen LogP) is 3.54. The molecule has 2 aliphatic rings. The van der Waals surface area contributed by atoms with Gasteiger partial charge >= 0.3 is 0 Å². The molecule has 0 spiro atoms. The van der Waals surface area contributed by atoms with Gasteiger partial charge in [0.2, 0.25) is 0 Å². The van der Waals surface area contributed by atoms with E-state index in [0.29, 0.717) is 18.0 Å². The molecular weight excluding hydrogens is 413 g/mol. The van der Waals surface area contributed by atoms with Gasteiger partial charge in [0, 0.05) is 38.1 Å². The second kappa shape index (κ2) is 9.06. The maximum Gasteiger partial charge on any atom is 0.194 e. The number of piperidine rings is 1. The van der Waals surface area contributed by atoms with Crippen LogP contribution in [-0.4, -0.2) is 46.1 Å². The van der Waals surface area contributed by atoms with Crippen LogP contribution in [0.15, 0.2) is 23.7 Å². The summed E-state index contributed by atoms with van der Waals surface area (Å²) in [4.78, 5) is 11.4. The van der Waals surface area contributed by atoms with Crippen LogP contribution in [0.1, 0.15) is 52.5 Å².